The fraction of sp³-hybridized carbons (Fsp3) is 0.318. The van der Waals surface area contributed by atoms with Crippen LogP contribution in [0, 0.1) is 0 Å². The van der Waals surface area contributed by atoms with E-state index in [1.807, 2.05) is 53.1 Å². The molecule has 1 saturated carbocycles. The summed E-state index contributed by atoms with van der Waals surface area (Å²) < 4.78 is 12.9. The molecule has 1 atom stereocenters. The zero-order valence-corrected chi connectivity index (χ0v) is 17.3. The van der Waals surface area contributed by atoms with Crippen LogP contribution in [-0.4, -0.2) is 40.0 Å². The number of nitrogens with zero attached hydrogens (tertiary/aromatic N) is 3. The molecule has 0 aliphatic heterocycles. The third kappa shape index (κ3) is 4.00. The zero-order valence-electron chi connectivity index (χ0n) is 16.5. The lowest BCUT2D eigenvalue weighted by Crippen LogP contribution is -2.21. The molecule has 1 aliphatic carbocycles. The summed E-state index contributed by atoms with van der Waals surface area (Å²) in [5.74, 6) is 2.30. The summed E-state index contributed by atoms with van der Waals surface area (Å²) >= 11 is 1.50. The second-order valence-corrected chi connectivity index (χ2v) is 8.04. The third-order valence-corrected chi connectivity index (χ3v) is 6.30. The summed E-state index contributed by atoms with van der Waals surface area (Å²) in [6.07, 6.45) is 3.57. The Balaban J connectivity index is 1.81. The second kappa shape index (κ2) is 8.69. The van der Waals surface area contributed by atoms with Gasteiger partial charge in [0.1, 0.15) is 5.78 Å². The molecule has 0 unspecified atom stereocenters. The van der Waals surface area contributed by atoms with Crippen LogP contribution in [0.4, 0.5) is 0 Å². The topological polar surface area (TPSA) is 66.2 Å². The van der Waals surface area contributed by atoms with Gasteiger partial charge in [-0.25, -0.2) is 0 Å². The Hall–Kier alpha value is -2.80. The van der Waals surface area contributed by atoms with Gasteiger partial charge in [0.05, 0.1) is 25.2 Å². The van der Waals surface area contributed by atoms with E-state index in [1.54, 1.807) is 14.2 Å². The van der Waals surface area contributed by atoms with Crippen molar-refractivity contribution in [3.63, 3.8) is 0 Å². The highest BCUT2D eigenvalue weighted by Crippen LogP contribution is 2.36. The number of hydrogen-bond acceptors (Lipinski definition) is 6. The third-order valence-electron chi connectivity index (χ3n) is 5.04. The Bertz CT molecular complexity index is 1000. The molecule has 3 aromatic rings. The van der Waals surface area contributed by atoms with Crippen LogP contribution in [0.1, 0.15) is 25.7 Å². The van der Waals surface area contributed by atoms with Crippen LogP contribution < -0.4 is 9.47 Å². The molecule has 0 N–H and O–H groups in total. The highest BCUT2D eigenvalue weighted by Gasteiger charge is 2.27. The highest BCUT2D eigenvalue weighted by atomic mass is 32.2. The van der Waals surface area contributed by atoms with E-state index in [1.165, 1.54) is 11.8 Å². The molecule has 6 nitrogen and oxygen atoms in total. The van der Waals surface area contributed by atoms with E-state index >= 15 is 0 Å². The van der Waals surface area contributed by atoms with E-state index < -0.39 is 0 Å². The summed E-state index contributed by atoms with van der Waals surface area (Å²) in [6, 6.07) is 15.6. The lowest BCUT2D eigenvalue weighted by atomic mass is 9.99. The molecule has 0 spiro atoms. The quantitative estimate of drug-likeness (QED) is 0.595. The van der Waals surface area contributed by atoms with Crippen molar-refractivity contribution < 1.29 is 14.3 Å². The fourth-order valence-corrected chi connectivity index (χ4v) is 4.69. The molecule has 1 fully saturated rings. The molecule has 29 heavy (non-hydrogen) atoms. The van der Waals surface area contributed by atoms with E-state index in [2.05, 4.69) is 10.2 Å². The van der Waals surface area contributed by atoms with Crippen LogP contribution in [0.2, 0.25) is 0 Å². The van der Waals surface area contributed by atoms with E-state index in [-0.39, 0.29) is 5.25 Å². The number of Topliss-reactive ketones (excluding diaryl/α,β-unsaturated/α-hetero) is 1. The minimum Gasteiger partial charge on any atom is -0.493 e. The summed E-state index contributed by atoms with van der Waals surface area (Å²) in [5, 5.41) is 9.54. The number of carbonyl (C=O) groups is 1. The van der Waals surface area contributed by atoms with Gasteiger partial charge in [0.2, 0.25) is 0 Å². The molecule has 150 valence electrons. The monoisotopic (exact) mass is 409 g/mol. The maximum atomic E-state index is 12.4. The molecule has 4 rings (SSSR count). The number of carbonyl (C=O) groups excluding carboxylic acids is 1. The second-order valence-electron chi connectivity index (χ2n) is 6.87. The van der Waals surface area contributed by atoms with Crippen molar-refractivity contribution in [3.8, 4) is 28.6 Å². The first-order valence-electron chi connectivity index (χ1n) is 9.64. The lowest BCUT2D eigenvalue weighted by Gasteiger charge is -2.20. The highest BCUT2D eigenvalue weighted by molar-refractivity contribution is 8.00. The average molecular weight is 410 g/mol. The van der Waals surface area contributed by atoms with E-state index in [9.17, 15) is 4.79 Å². The number of ketones is 1. The van der Waals surface area contributed by atoms with Crippen LogP contribution in [0.25, 0.3) is 17.1 Å². The first kappa shape index (κ1) is 19.5. The number of thioether (sulfide) groups is 1. The lowest BCUT2D eigenvalue weighted by molar-refractivity contribution is -0.119. The predicted molar refractivity (Wildman–Crippen MR) is 113 cm³/mol. The Morgan fingerprint density at radius 1 is 1.00 bits per heavy atom. The number of methoxy groups -OCH3 is 2. The van der Waals surface area contributed by atoms with Gasteiger partial charge in [0.25, 0.3) is 0 Å². The minimum atomic E-state index is -0.0736. The molecule has 0 amide bonds. The van der Waals surface area contributed by atoms with Crippen LogP contribution in [-0.2, 0) is 4.79 Å². The SMILES string of the molecule is COc1ccc(-n2c(S[C@H]3CCCCC3=O)nnc2-c2ccccc2)cc1OC. The van der Waals surface area contributed by atoms with Crippen molar-refractivity contribution in [1.82, 2.24) is 14.8 Å². The van der Waals surface area contributed by atoms with Gasteiger partial charge in [-0.2, -0.15) is 0 Å². The van der Waals surface area contributed by atoms with E-state index in [0.717, 1.165) is 36.3 Å². The summed E-state index contributed by atoms with van der Waals surface area (Å²) in [6.45, 7) is 0. The van der Waals surface area contributed by atoms with Gasteiger partial charge in [0.15, 0.2) is 22.5 Å². The Morgan fingerprint density at radius 2 is 1.79 bits per heavy atom. The van der Waals surface area contributed by atoms with Gasteiger partial charge in [-0.3, -0.25) is 9.36 Å². The summed E-state index contributed by atoms with van der Waals surface area (Å²) in [5.41, 5.74) is 1.81. The zero-order chi connectivity index (χ0) is 20.2. The number of benzene rings is 2. The van der Waals surface area contributed by atoms with Gasteiger partial charge in [-0.15, -0.1) is 10.2 Å². The van der Waals surface area contributed by atoms with Crippen LogP contribution >= 0.6 is 11.8 Å². The molecule has 1 heterocycles. The van der Waals surface area contributed by atoms with Crippen molar-refractivity contribution in [2.75, 3.05) is 14.2 Å². The largest absolute Gasteiger partial charge is 0.493 e. The standard InChI is InChI=1S/C22H23N3O3S/c1-27-18-13-12-16(14-19(18)28-2)25-21(15-8-4-3-5-9-15)23-24-22(25)29-20-11-7-6-10-17(20)26/h3-5,8-9,12-14,20H,6-7,10-11H2,1-2H3/t20-/m0/s1. The van der Waals surface area contributed by atoms with Gasteiger partial charge < -0.3 is 9.47 Å². The minimum absolute atomic E-state index is 0.0736. The first-order valence-corrected chi connectivity index (χ1v) is 10.5. The van der Waals surface area contributed by atoms with E-state index in [0.29, 0.717) is 28.9 Å². The molecule has 1 aliphatic rings. The Morgan fingerprint density at radius 3 is 2.52 bits per heavy atom. The maximum absolute atomic E-state index is 12.4. The number of hydrogen-bond donors (Lipinski definition) is 0. The van der Waals surface area contributed by atoms with E-state index in [4.69, 9.17) is 9.47 Å². The van der Waals surface area contributed by atoms with Crippen molar-refractivity contribution in [1.29, 1.82) is 0 Å². The summed E-state index contributed by atoms with van der Waals surface area (Å²) in [7, 11) is 3.23. The number of aromatic nitrogens is 3. The van der Waals surface area contributed by atoms with Crippen LogP contribution in [0.3, 0.4) is 0 Å². The number of rotatable bonds is 6. The fourth-order valence-electron chi connectivity index (χ4n) is 3.52. The van der Waals surface area contributed by atoms with Gasteiger partial charge in [-0.05, 0) is 25.0 Å². The van der Waals surface area contributed by atoms with Crippen molar-refractivity contribution in [2.24, 2.45) is 0 Å². The summed E-state index contributed by atoms with van der Waals surface area (Å²) in [4.78, 5) is 12.4. The van der Waals surface area contributed by atoms with Crippen molar-refractivity contribution in [3.05, 3.63) is 48.5 Å². The molecular formula is C22H23N3O3S. The smallest absolute Gasteiger partial charge is 0.196 e. The Labute approximate surface area is 174 Å². The number of ether oxygens (including phenoxy) is 2. The molecule has 0 radical (unpaired) electrons. The molecule has 2 aromatic carbocycles. The van der Waals surface area contributed by atoms with Crippen LogP contribution in [0.5, 0.6) is 11.5 Å². The van der Waals surface area contributed by atoms with Crippen molar-refractivity contribution >= 4 is 17.5 Å². The Kier molecular flexibility index (Phi) is 5.85. The molecule has 0 saturated heterocycles. The van der Waals surface area contributed by atoms with Crippen molar-refractivity contribution in [2.45, 2.75) is 36.1 Å². The molecular weight excluding hydrogens is 386 g/mol. The maximum Gasteiger partial charge on any atom is 0.196 e. The molecule has 1 aromatic heterocycles. The predicted octanol–water partition coefficient (Wildman–Crippen LogP) is 4.56. The van der Waals surface area contributed by atoms with Gasteiger partial charge in [-0.1, -0.05) is 48.5 Å². The first-order chi connectivity index (χ1) is 14.2. The van der Waals surface area contributed by atoms with Gasteiger partial charge >= 0.3 is 0 Å². The van der Waals surface area contributed by atoms with Crippen LogP contribution in [0.15, 0.2) is 53.7 Å². The molecule has 7 heteroatoms. The average Bonchev–Trinajstić information content (AvgIpc) is 3.19. The van der Waals surface area contributed by atoms with Gasteiger partial charge in [0, 0.05) is 18.1 Å². The molecule has 0 bridgehead atoms. The normalized spacial score (nSPS) is 16.6.